The molecule has 0 bridgehead atoms. The van der Waals surface area contributed by atoms with E-state index < -0.39 is 0 Å². The van der Waals surface area contributed by atoms with Crippen molar-refractivity contribution in [1.29, 1.82) is 0 Å². The average molecular weight is 345 g/mol. The number of aromatic nitrogens is 2. The smallest absolute Gasteiger partial charge is 0.310 e. The van der Waals surface area contributed by atoms with Crippen molar-refractivity contribution in [2.24, 2.45) is 13.0 Å². The van der Waals surface area contributed by atoms with Gasteiger partial charge in [-0.15, -0.1) is 0 Å². The number of esters is 1. The highest BCUT2D eigenvalue weighted by Gasteiger charge is 2.30. The van der Waals surface area contributed by atoms with Gasteiger partial charge in [-0.05, 0) is 38.0 Å². The van der Waals surface area contributed by atoms with Gasteiger partial charge < -0.3 is 14.4 Å². The summed E-state index contributed by atoms with van der Waals surface area (Å²) in [5.74, 6) is 0.121. The Morgan fingerprint density at radius 2 is 2.16 bits per heavy atom. The minimum Gasteiger partial charge on any atom is -0.481 e. The summed E-state index contributed by atoms with van der Waals surface area (Å²) in [5, 5.41) is 5.25. The maximum absolute atomic E-state index is 12.8. The number of ether oxygens (including phenoxy) is 2. The lowest BCUT2D eigenvalue weighted by Gasteiger charge is -2.31. The van der Waals surface area contributed by atoms with Crippen molar-refractivity contribution < 1.29 is 19.1 Å². The van der Waals surface area contributed by atoms with E-state index in [9.17, 15) is 9.59 Å². The summed E-state index contributed by atoms with van der Waals surface area (Å²) >= 11 is 0. The van der Waals surface area contributed by atoms with Gasteiger partial charge in [0, 0.05) is 25.7 Å². The third kappa shape index (κ3) is 3.31. The molecule has 1 amide bonds. The monoisotopic (exact) mass is 345 g/mol. The molecule has 1 atom stereocenters. The first-order valence-electron chi connectivity index (χ1n) is 8.51. The third-order valence-corrected chi connectivity index (χ3v) is 4.55. The lowest BCUT2D eigenvalue weighted by molar-refractivity contribution is -0.149. The highest BCUT2D eigenvalue weighted by Crippen LogP contribution is 2.26. The molecule has 134 valence electrons. The van der Waals surface area contributed by atoms with Crippen LogP contribution >= 0.6 is 0 Å². The summed E-state index contributed by atoms with van der Waals surface area (Å²) in [6.07, 6.45) is 1.56. The number of hydrogen-bond acceptors (Lipinski definition) is 5. The van der Waals surface area contributed by atoms with Crippen LogP contribution in [0.5, 0.6) is 5.88 Å². The van der Waals surface area contributed by atoms with Crippen LogP contribution in [0.4, 0.5) is 0 Å². The number of hydrogen-bond donors (Lipinski definition) is 0. The third-order valence-electron chi connectivity index (χ3n) is 4.55. The van der Waals surface area contributed by atoms with Crippen molar-refractivity contribution >= 4 is 22.8 Å². The molecule has 7 heteroatoms. The highest BCUT2D eigenvalue weighted by atomic mass is 16.5. The van der Waals surface area contributed by atoms with Crippen molar-refractivity contribution in [2.75, 3.05) is 26.8 Å². The molecule has 1 aromatic heterocycles. The highest BCUT2D eigenvalue weighted by molar-refractivity contribution is 5.99. The molecule has 3 rings (SSSR count). The largest absolute Gasteiger partial charge is 0.481 e. The van der Waals surface area contributed by atoms with Gasteiger partial charge in [-0.1, -0.05) is 0 Å². The molecule has 1 fully saturated rings. The summed E-state index contributed by atoms with van der Waals surface area (Å²) in [4.78, 5) is 26.5. The standard InChI is InChI=1S/C18H23N3O4/c1-4-25-18(23)13-6-5-9-21(11-13)16(22)12-7-8-14-15(10-12)19-20(2)17(14)24-3/h7-8,10,13H,4-6,9,11H2,1-3H3. The normalized spacial score (nSPS) is 17.6. The Balaban J connectivity index is 1.80. The molecule has 2 aromatic rings. The second-order valence-corrected chi connectivity index (χ2v) is 6.21. The number of fused-ring (bicyclic) bond motifs is 1. The Kier molecular flexibility index (Phi) is 4.92. The lowest BCUT2D eigenvalue weighted by atomic mass is 9.97. The quantitative estimate of drug-likeness (QED) is 0.793. The Bertz CT molecular complexity index is 799. The minimum atomic E-state index is -0.240. The fourth-order valence-corrected chi connectivity index (χ4v) is 3.35. The Morgan fingerprint density at radius 1 is 1.36 bits per heavy atom. The van der Waals surface area contributed by atoms with Gasteiger partial charge in [0.2, 0.25) is 5.88 Å². The number of rotatable bonds is 4. The van der Waals surface area contributed by atoms with Crippen LogP contribution < -0.4 is 4.74 Å². The van der Waals surface area contributed by atoms with E-state index >= 15 is 0 Å². The van der Waals surface area contributed by atoms with E-state index in [0.717, 1.165) is 18.2 Å². The summed E-state index contributed by atoms with van der Waals surface area (Å²) < 4.78 is 12.1. The number of amides is 1. The molecule has 7 nitrogen and oxygen atoms in total. The van der Waals surface area contributed by atoms with E-state index in [2.05, 4.69) is 5.10 Å². The van der Waals surface area contributed by atoms with E-state index in [1.807, 2.05) is 6.07 Å². The van der Waals surface area contributed by atoms with E-state index in [1.54, 1.807) is 42.8 Å². The Labute approximate surface area is 146 Å². The zero-order valence-corrected chi connectivity index (χ0v) is 14.8. The van der Waals surface area contributed by atoms with Crippen LogP contribution in [-0.4, -0.2) is 53.4 Å². The van der Waals surface area contributed by atoms with Crippen molar-refractivity contribution in [2.45, 2.75) is 19.8 Å². The van der Waals surface area contributed by atoms with Crippen LogP contribution in [0.3, 0.4) is 0 Å². The second kappa shape index (κ2) is 7.13. The maximum Gasteiger partial charge on any atom is 0.310 e. The molecule has 0 saturated carbocycles. The van der Waals surface area contributed by atoms with E-state index in [4.69, 9.17) is 9.47 Å². The molecule has 1 saturated heterocycles. The maximum atomic E-state index is 12.8. The van der Waals surface area contributed by atoms with Gasteiger partial charge >= 0.3 is 5.97 Å². The first-order chi connectivity index (χ1) is 12.0. The van der Waals surface area contributed by atoms with Crippen LogP contribution in [-0.2, 0) is 16.6 Å². The molecule has 1 unspecified atom stereocenters. The molecule has 1 aromatic carbocycles. The van der Waals surface area contributed by atoms with Crippen molar-refractivity contribution in [3.05, 3.63) is 23.8 Å². The molecule has 0 N–H and O–H groups in total. The van der Waals surface area contributed by atoms with Crippen molar-refractivity contribution in [3.63, 3.8) is 0 Å². The summed E-state index contributed by atoms with van der Waals surface area (Å²) in [5.41, 5.74) is 1.28. The first kappa shape index (κ1) is 17.3. The number of methoxy groups -OCH3 is 1. The number of nitrogens with zero attached hydrogens (tertiary/aromatic N) is 3. The van der Waals surface area contributed by atoms with E-state index in [0.29, 0.717) is 36.7 Å². The van der Waals surface area contributed by atoms with Crippen LogP contribution in [0.1, 0.15) is 30.1 Å². The van der Waals surface area contributed by atoms with Gasteiger partial charge in [-0.25, -0.2) is 4.68 Å². The fraction of sp³-hybridized carbons (Fsp3) is 0.500. The van der Waals surface area contributed by atoms with Crippen molar-refractivity contribution in [1.82, 2.24) is 14.7 Å². The fourth-order valence-electron chi connectivity index (χ4n) is 3.35. The summed E-state index contributed by atoms with van der Waals surface area (Å²) in [6, 6.07) is 5.40. The zero-order chi connectivity index (χ0) is 18.0. The second-order valence-electron chi connectivity index (χ2n) is 6.21. The number of aryl methyl sites for hydroxylation is 1. The summed E-state index contributed by atoms with van der Waals surface area (Å²) in [6.45, 7) is 3.21. The molecular weight excluding hydrogens is 322 g/mol. The molecule has 0 radical (unpaired) electrons. The first-order valence-corrected chi connectivity index (χ1v) is 8.51. The Morgan fingerprint density at radius 3 is 2.88 bits per heavy atom. The molecule has 25 heavy (non-hydrogen) atoms. The van der Waals surface area contributed by atoms with E-state index in [1.165, 1.54) is 0 Å². The van der Waals surface area contributed by atoms with Crippen LogP contribution in [0.25, 0.3) is 10.9 Å². The molecule has 1 aliphatic rings. The van der Waals surface area contributed by atoms with Gasteiger partial charge in [0.15, 0.2) is 0 Å². The van der Waals surface area contributed by atoms with Crippen molar-refractivity contribution in [3.8, 4) is 5.88 Å². The predicted octanol–water partition coefficient (Wildman–Crippen LogP) is 2.00. The van der Waals surface area contributed by atoms with Gasteiger partial charge in [-0.3, -0.25) is 9.59 Å². The number of piperidine rings is 1. The van der Waals surface area contributed by atoms with Gasteiger partial charge in [0.25, 0.3) is 5.91 Å². The molecule has 1 aliphatic heterocycles. The molecule has 0 aliphatic carbocycles. The molecular formula is C18H23N3O4. The average Bonchev–Trinajstić information content (AvgIpc) is 2.95. The predicted molar refractivity (Wildman–Crippen MR) is 92.5 cm³/mol. The number of benzene rings is 1. The van der Waals surface area contributed by atoms with E-state index in [-0.39, 0.29) is 17.8 Å². The number of likely N-dealkylation sites (tertiary alicyclic amines) is 1. The number of carbonyl (C=O) groups excluding carboxylic acids is 2. The SMILES string of the molecule is CCOC(=O)C1CCCN(C(=O)c2ccc3c(OC)n(C)nc3c2)C1. The van der Waals surface area contributed by atoms with Crippen LogP contribution in [0.15, 0.2) is 18.2 Å². The van der Waals surface area contributed by atoms with Crippen LogP contribution in [0.2, 0.25) is 0 Å². The van der Waals surface area contributed by atoms with Gasteiger partial charge in [0.05, 0.1) is 30.5 Å². The zero-order valence-electron chi connectivity index (χ0n) is 14.8. The van der Waals surface area contributed by atoms with Gasteiger partial charge in [-0.2, -0.15) is 5.10 Å². The molecule has 0 spiro atoms. The Hall–Kier alpha value is -2.57. The minimum absolute atomic E-state index is 0.0829. The number of carbonyl (C=O) groups is 2. The summed E-state index contributed by atoms with van der Waals surface area (Å²) in [7, 11) is 3.40. The topological polar surface area (TPSA) is 73.7 Å². The van der Waals surface area contributed by atoms with Crippen LogP contribution in [0, 0.1) is 5.92 Å². The lowest BCUT2D eigenvalue weighted by Crippen LogP contribution is -2.42. The molecule has 2 heterocycles. The van der Waals surface area contributed by atoms with Gasteiger partial charge in [0.1, 0.15) is 0 Å².